The van der Waals surface area contributed by atoms with Crippen LogP contribution in [0.2, 0.25) is 0 Å². The van der Waals surface area contributed by atoms with Gasteiger partial charge in [0.05, 0.1) is 19.6 Å². The van der Waals surface area contributed by atoms with Crippen LogP contribution in [0.15, 0.2) is 45.6 Å². The van der Waals surface area contributed by atoms with Crippen molar-refractivity contribution in [3.63, 3.8) is 0 Å². The van der Waals surface area contributed by atoms with E-state index in [0.717, 1.165) is 10.8 Å². The van der Waals surface area contributed by atoms with E-state index in [2.05, 4.69) is 0 Å². The Bertz CT molecular complexity index is 817. The summed E-state index contributed by atoms with van der Waals surface area (Å²) < 4.78 is 15.9. The molecule has 0 N–H and O–H groups in total. The van der Waals surface area contributed by atoms with Crippen LogP contribution in [0.4, 0.5) is 0 Å². The van der Waals surface area contributed by atoms with E-state index in [4.69, 9.17) is 13.9 Å². The van der Waals surface area contributed by atoms with E-state index in [9.17, 15) is 4.79 Å². The van der Waals surface area contributed by atoms with Crippen LogP contribution in [0.5, 0.6) is 11.5 Å². The zero-order chi connectivity index (χ0) is 13.4. The third-order valence-electron chi connectivity index (χ3n) is 3.13. The molecule has 2 aromatic carbocycles. The molecule has 0 atom stereocenters. The highest BCUT2D eigenvalue weighted by Crippen LogP contribution is 2.37. The van der Waals surface area contributed by atoms with Gasteiger partial charge in [-0.25, -0.2) is 4.79 Å². The Labute approximate surface area is 109 Å². The zero-order valence-corrected chi connectivity index (χ0v) is 10.6. The van der Waals surface area contributed by atoms with Crippen molar-refractivity contribution in [2.24, 2.45) is 0 Å². The maximum Gasteiger partial charge on any atom is 0.344 e. The second kappa shape index (κ2) is 4.31. The molecule has 0 aliphatic rings. The lowest BCUT2D eigenvalue weighted by Crippen LogP contribution is -2.01. The van der Waals surface area contributed by atoms with E-state index < -0.39 is 0 Å². The minimum absolute atomic E-state index is 0.380. The van der Waals surface area contributed by atoms with Crippen LogP contribution in [-0.4, -0.2) is 14.2 Å². The number of fused-ring (bicyclic) bond motifs is 3. The molecule has 4 nitrogen and oxygen atoms in total. The first-order chi connectivity index (χ1) is 9.26. The van der Waals surface area contributed by atoms with E-state index in [1.807, 2.05) is 24.3 Å². The standard InChI is InChI=1S/C15H12O4/c1-17-12-8-7-10-9-5-3-4-6-11(9)15(16)19-13(10)14(12)18-2/h3-8H,1-2H3. The quantitative estimate of drug-likeness (QED) is 0.522. The van der Waals surface area contributed by atoms with E-state index in [0.29, 0.717) is 22.5 Å². The van der Waals surface area contributed by atoms with Gasteiger partial charge in [0, 0.05) is 10.8 Å². The fraction of sp³-hybridized carbons (Fsp3) is 0.133. The van der Waals surface area contributed by atoms with Crippen molar-refractivity contribution in [3.05, 3.63) is 46.8 Å². The topological polar surface area (TPSA) is 48.7 Å². The Morgan fingerprint density at radius 2 is 1.63 bits per heavy atom. The van der Waals surface area contributed by atoms with Gasteiger partial charge in [0.1, 0.15) is 0 Å². The number of methoxy groups -OCH3 is 2. The lowest BCUT2D eigenvalue weighted by molar-refractivity contribution is 0.352. The molecule has 96 valence electrons. The predicted molar refractivity (Wildman–Crippen MR) is 73.1 cm³/mol. The van der Waals surface area contributed by atoms with Crippen molar-refractivity contribution >= 4 is 21.7 Å². The first kappa shape index (κ1) is 11.6. The van der Waals surface area contributed by atoms with Crippen LogP contribution >= 0.6 is 0 Å². The molecule has 1 heterocycles. The molecule has 0 saturated heterocycles. The molecule has 0 saturated carbocycles. The first-order valence-corrected chi connectivity index (χ1v) is 5.83. The molecule has 0 bridgehead atoms. The van der Waals surface area contributed by atoms with Gasteiger partial charge in [0.25, 0.3) is 0 Å². The molecule has 0 amide bonds. The summed E-state index contributed by atoms with van der Waals surface area (Å²) in [4.78, 5) is 12.0. The number of benzene rings is 2. The third kappa shape index (κ3) is 1.64. The summed E-state index contributed by atoms with van der Waals surface area (Å²) in [6.07, 6.45) is 0. The lowest BCUT2D eigenvalue weighted by atomic mass is 10.1. The van der Waals surface area contributed by atoms with Crippen molar-refractivity contribution in [2.45, 2.75) is 0 Å². The highest BCUT2D eigenvalue weighted by molar-refractivity contribution is 6.06. The number of ether oxygens (including phenoxy) is 2. The Kier molecular flexibility index (Phi) is 2.63. The predicted octanol–water partition coefficient (Wildman–Crippen LogP) is 2.96. The minimum Gasteiger partial charge on any atom is -0.493 e. The molecular weight excluding hydrogens is 244 g/mol. The van der Waals surface area contributed by atoms with Crippen LogP contribution in [0, 0.1) is 0 Å². The molecule has 3 aromatic rings. The molecule has 0 aliphatic carbocycles. The summed E-state index contributed by atoms with van der Waals surface area (Å²) in [6, 6.07) is 11.0. The Hall–Kier alpha value is -2.49. The summed E-state index contributed by atoms with van der Waals surface area (Å²) in [7, 11) is 3.06. The summed E-state index contributed by atoms with van der Waals surface area (Å²) in [6.45, 7) is 0. The van der Waals surface area contributed by atoms with Gasteiger partial charge in [-0.05, 0) is 18.2 Å². The van der Waals surface area contributed by atoms with Crippen molar-refractivity contribution < 1.29 is 13.9 Å². The Morgan fingerprint density at radius 1 is 0.895 bits per heavy atom. The van der Waals surface area contributed by atoms with Gasteiger partial charge in [0.15, 0.2) is 11.3 Å². The van der Waals surface area contributed by atoms with E-state index in [-0.39, 0.29) is 5.63 Å². The molecule has 4 heteroatoms. The second-order valence-corrected chi connectivity index (χ2v) is 4.11. The molecule has 19 heavy (non-hydrogen) atoms. The van der Waals surface area contributed by atoms with Gasteiger partial charge in [-0.15, -0.1) is 0 Å². The number of hydrogen-bond acceptors (Lipinski definition) is 4. The molecule has 3 rings (SSSR count). The molecule has 0 spiro atoms. The number of hydrogen-bond donors (Lipinski definition) is 0. The molecular formula is C15H12O4. The Balaban J connectivity index is 2.56. The second-order valence-electron chi connectivity index (χ2n) is 4.11. The van der Waals surface area contributed by atoms with Crippen LogP contribution in [-0.2, 0) is 0 Å². The summed E-state index contributed by atoms with van der Waals surface area (Å²) in [5.41, 5.74) is 0.0280. The van der Waals surface area contributed by atoms with Crippen molar-refractivity contribution in [1.82, 2.24) is 0 Å². The van der Waals surface area contributed by atoms with E-state index >= 15 is 0 Å². The van der Waals surface area contributed by atoms with Crippen LogP contribution in [0.3, 0.4) is 0 Å². The van der Waals surface area contributed by atoms with E-state index in [1.54, 1.807) is 19.2 Å². The maximum absolute atomic E-state index is 12.0. The van der Waals surface area contributed by atoms with Gasteiger partial charge in [0.2, 0.25) is 5.75 Å². The third-order valence-corrected chi connectivity index (χ3v) is 3.13. The van der Waals surface area contributed by atoms with Crippen LogP contribution < -0.4 is 15.1 Å². The smallest absolute Gasteiger partial charge is 0.344 e. The lowest BCUT2D eigenvalue weighted by Gasteiger charge is -2.10. The van der Waals surface area contributed by atoms with Gasteiger partial charge in [-0.2, -0.15) is 0 Å². The molecule has 0 radical (unpaired) electrons. The monoisotopic (exact) mass is 256 g/mol. The number of rotatable bonds is 2. The average molecular weight is 256 g/mol. The summed E-state index contributed by atoms with van der Waals surface area (Å²) in [5.74, 6) is 0.969. The average Bonchev–Trinajstić information content (AvgIpc) is 2.46. The minimum atomic E-state index is -0.380. The first-order valence-electron chi connectivity index (χ1n) is 5.83. The van der Waals surface area contributed by atoms with Crippen molar-refractivity contribution in [3.8, 4) is 11.5 Å². The zero-order valence-electron chi connectivity index (χ0n) is 10.6. The van der Waals surface area contributed by atoms with Gasteiger partial charge >= 0.3 is 5.63 Å². The van der Waals surface area contributed by atoms with Gasteiger partial charge in [-0.3, -0.25) is 0 Å². The molecule has 0 unspecified atom stereocenters. The Morgan fingerprint density at radius 3 is 2.32 bits per heavy atom. The van der Waals surface area contributed by atoms with Crippen molar-refractivity contribution in [1.29, 1.82) is 0 Å². The van der Waals surface area contributed by atoms with Gasteiger partial charge in [-0.1, -0.05) is 18.2 Å². The SMILES string of the molecule is COc1ccc2c(oc(=O)c3ccccc32)c1OC. The molecule has 0 fully saturated rings. The fourth-order valence-electron chi connectivity index (χ4n) is 2.26. The highest BCUT2D eigenvalue weighted by Gasteiger charge is 2.15. The molecule has 0 aliphatic heterocycles. The fourth-order valence-corrected chi connectivity index (χ4v) is 2.26. The van der Waals surface area contributed by atoms with Crippen LogP contribution in [0.25, 0.3) is 21.7 Å². The van der Waals surface area contributed by atoms with Gasteiger partial charge < -0.3 is 13.9 Å². The van der Waals surface area contributed by atoms with Crippen LogP contribution in [0.1, 0.15) is 0 Å². The normalized spacial score (nSPS) is 10.8. The highest BCUT2D eigenvalue weighted by atomic mass is 16.5. The maximum atomic E-state index is 12.0. The summed E-state index contributed by atoms with van der Waals surface area (Å²) in [5, 5.41) is 2.23. The summed E-state index contributed by atoms with van der Waals surface area (Å²) >= 11 is 0. The molecule has 1 aromatic heterocycles. The largest absolute Gasteiger partial charge is 0.493 e. The van der Waals surface area contributed by atoms with Crippen molar-refractivity contribution in [2.75, 3.05) is 14.2 Å². The van der Waals surface area contributed by atoms with E-state index in [1.165, 1.54) is 7.11 Å².